The maximum absolute atomic E-state index is 5.96. The lowest BCUT2D eigenvalue weighted by Gasteiger charge is -2.12. The van der Waals surface area contributed by atoms with Gasteiger partial charge in [0.1, 0.15) is 36.9 Å². The molecule has 0 bridgehead atoms. The normalized spacial score (nSPS) is 21.0. The molecule has 0 N–H and O–H groups in total. The van der Waals surface area contributed by atoms with E-state index in [1.807, 2.05) is 12.1 Å². The molecule has 2 fully saturated rings. The zero-order valence-corrected chi connectivity index (χ0v) is 14.6. The fraction of sp³-hybridized carbons (Fsp3) is 0.429. The Morgan fingerprint density at radius 3 is 2.36 bits per heavy atom. The zero-order valence-electron chi connectivity index (χ0n) is 14.6. The molecule has 2 aromatic carbocycles. The van der Waals surface area contributed by atoms with Crippen LogP contribution in [-0.2, 0) is 22.3 Å². The van der Waals surface area contributed by atoms with E-state index < -0.39 is 0 Å². The van der Waals surface area contributed by atoms with Crippen LogP contribution in [0.4, 0.5) is 0 Å². The largest absolute Gasteiger partial charge is 0.491 e. The van der Waals surface area contributed by atoms with Crippen LogP contribution in [0.3, 0.4) is 0 Å². The second kappa shape index (κ2) is 7.46. The molecule has 4 rings (SSSR count). The summed E-state index contributed by atoms with van der Waals surface area (Å²) in [6.45, 7) is 5.07. The number of hydrogen-bond acceptors (Lipinski definition) is 4. The molecule has 2 aliphatic heterocycles. The molecule has 0 aromatic heterocycles. The molecular weight excluding hydrogens is 316 g/mol. The fourth-order valence-electron chi connectivity index (χ4n) is 2.82. The van der Waals surface area contributed by atoms with Gasteiger partial charge in [0.15, 0.2) is 0 Å². The second-order valence-corrected chi connectivity index (χ2v) is 6.65. The molecule has 0 saturated carbocycles. The Morgan fingerprint density at radius 2 is 1.64 bits per heavy atom. The molecular formula is C21H24O4. The summed E-state index contributed by atoms with van der Waals surface area (Å²) in [6, 6.07) is 14.8. The summed E-state index contributed by atoms with van der Waals surface area (Å²) in [6.07, 6.45) is 2.38. The smallest absolute Gasteiger partial charge is 0.122 e. The molecule has 2 aliphatic rings. The topological polar surface area (TPSA) is 43.5 Å². The van der Waals surface area contributed by atoms with Gasteiger partial charge in [0, 0.05) is 0 Å². The van der Waals surface area contributed by atoms with Gasteiger partial charge in [-0.15, -0.1) is 0 Å². The molecule has 4 heteroatoms. The SMILES string of the molecule is CCc1ccc(Cc2cccc(OCC3CO3)c2)cc1OCC1CO1. The third-order valence-electron chi connectivity index (χ3n) is 4.48. The summed E-state index contributed by atoms with van der Waals surface area (Å²) in [7, 11) is 0. The Bertz CT molecular complexity index is 720. The van der Waals surface area contributed by atoms with Crippen LogP contribution in [0.15, 0.2) is 42.5 Å². The van der Waals surface area contributed by atoms with Crippen LogP contribution < -0.4 is 9.47 Å². The first-order valence-electron chi connectivity index (χ1n) is 8.99. The maximum Gasteiger partial charge on any atom is 0.122 e. The van der Waals surface area contributed by atoms with Crippen molar-refractivity contribution in [2.24, 2.45) is 0 Å². The van der Waals surface area contributed by atoms with E-state index in [0.717, 1.165) is 37.6 Å². The van der Waals surface area contributed by atoms with Crippen molar-refractivity contribution >= 4 is 0 Å². The highest BCUT2D eigenvalue weighted by Crippen LogP contribution is 2.25. The van der Waals surface area contributed by atoms with Crippen molar-refractivity contribution in [3.8, 4) is 11.5 Å². The minimum absolute atomic E-state index is 0.276. The lowest BCUT2D eigenvalue weighted by molar-refractivity contribution is 0.261. The Kier molecular flexibility index (Phi) is 4.90. The molecule has 0 spiro atoms. The minimum Gasteiger partial charge on any atom is -0.491 e. The van der Waals surface area contributed by atoms with Crippen LogP contribution >= 0.6 is 0 Å². The Hall–Kier alpha value is -2.04. The van der Waals surface area contributed by atoms with Crippen LogP contribution in [0.25, 0.3) is 0 Å². The van der Waals surface area contributed by atoms with Crippen molar-refractivity contribution in [3.63, 3.8) is 0 Å². The van der Waals surface area contributed by atoms with Gasteiger partial charge in [-0.1, -0.05) is 31.2 Å². The number of aryl methyl sites for hydroxylation is 1. The molecule has 4 nitrogen and oxygen atoms in total. The van der Waals surface area contributed by atoms with E-state index in [4.69, 9.17) is 18.9 Å². The van der Waals surface area contributed by atoms with Crippen LogP contribution in [0.2, 0.25) is 0 Å². The van der Waals surface area contributed by atoms with Crippen LogP contribution in [0.1, 0.15) is 23.6 Å². The van der Waals surface area contributed by atoms with Crippen molar-refractivity contribution in [2.75, 3.05) is 26.4 Å². The summed E-state index contributed by atoms with van der Waals surface area (Å²) < 4.78 is 22.2. The van der Waals surface area contributed by atoms with Crippen molar-refractivity contribution in [2.45, 2.75) is 32.0 Å². The van der Waals surface area contributed by atoms with Crippen molar-refractivity contribution in [1.82, 2.24) is 0 Å². The standard InChI is InChI=1S/C21H24O4/c1-2-17-7-6-16(10-21(17)25-14-20-13-24-20)8-15-4-3-5-18(9-15)22-11-19-12-23-19/h3-7,9-10,19-20H,2,8,11-14H2,1H3. The fourth-order valence-corrected chi connectivity index (χ4v) is 2.82. The second-order valence-electron chi connectivity index (χ2n) is 6.65. The minimum atomic E-state index is 0.276. The lowest BCUT2D eigenvalue weighted by Crippen LogP contribution is -2.06. The van der Waals surface area contributed by atoms with E-state index >= 15 is 0 Å². The number of rotatable bonds is 9. The first-order chi connectivity index (χ1) is 12.3. The molecule has 0 radical (unpaired) electrons. The van der Waals surface area contributed by atoms with E-state index in [2.05, 4.69) is 37.3 Å². The number of hydrogen-bond donors (Lipinski definition) is 0. The molecule has 132 valence electrons. The van der Waals surface area contributed by atoms with Gasteiger partial charge in [0.05, 0.1) is 13.2 Å². The van der Waals surface area contributed by atoms with Gasteiger partial charge < -0.3 is 18.9 Å². The Balaban J connectivity index is 1.43. The molecule has 2 aromatic rings. The van der Waals surface area contributed by atoms with Gasteiger partial charge in [0.25, 0.3) is 0 Å². The van der Waals surface area contributed by atoms with Gasteiger partial charge in [-0.25, -0.2) is 0 Å². The number of epoxide rings is 2. The molecule has 2 atom stereocenters. The number of benzene rings is 2. The summed E-state index contributed by atoms with van der Waals surface area (Å²) in [4.78, 5) is 0. The zero-order chi connectivity index (χ0) is 17.1. The molecule has 2 heterocycles. The third-order valence-corrected chi connectivity index (χ3v) is 4.48. The van der Waals surface area contributed by atoms with Gasteiger partial charge in [-0.05, 0) is 47.7 Å². The lowest BCUT2D eigenvalue weighted by atomic mass is 10.0. The van der Waals surface area contributed by atoms with E-state index in [-0.39, 0.29) is 12.2 Å². The monoisotopic (exact) mass is 340 g/mol. The molecule has 25 heavy (non-hydrogen) atoms. The first kappa shape index (κ1) is 16.4. The van der Waals surface area contributed by atoms with E-state index in [0.29, 0.717) is 13.2 Å². The van der Waals surface area contributed by atoms with Crippen molar-refractivity contribution < 1.29 is 18.9 Å². The molecule has 0 aliphatic carbocycles. The molecule has 0 amide bonds. The van der Waals surface area contributed by atoms with E-state index in [9.17, 15) is 0 Å². The Labute approximate surface area is 148 Å². The third kappa shape index (κ3) is 4.74. The van der Waals surface area contributed by atoms with Crippen LogP contribution in [-0.4, -0.2) is 38.6 Å². The maximum atomic E-state index is 5.96. The van der Waals surface area contributed by atoms with E-state index in [1.165, 1.54) is 16.7 Å². The van der Waals surface area contributed by atoms with Crippen LogP contribution in [0.5, 0.6) is 11.5 Å². The average molecular weight is 340 g/mol. The number of ether oxygens (including phenoxy) is 4. The van der Waals surface area contributed by atoms with Crippen LogP contribution in [0, 0.1) is 0 Å². The predicted octanol–water partition coefficient (Wildman–Crippen LogP) is 3.40. The van der Waals surface area contributed by atoms with Gasteiger partial charge in [0.2, 0.25) is 0 Å². The Morgan fingerprint density at radius 1 is 0.920 bits per heavy atom. The first-order valence-corrected chi connectivity index (χ1v) is 8.99. The van der Waals surface area contributed by atoms with Gasteiger partial charge in [-0.3, -0.25) is 0 Å². The summed E-state index contributed by atoms with van der Waals surface area (Å²) in [5.41, 5.74) is 3.72. The van der Waals surface area contributed by atoms with Gasteiger partial charge >= 0.3 is 0 Å². The van der Waals surface area contributed by atoms with Crippen molar-refractivity contribution in [1.29, 1.82) is 0 Å². The molecule has 2 saturated heterocycles. The summed E-state index contributed by atoms with van der Waals surface area (Å²) >= 11 is 0. The highest BCUT2D eigenvalue weighted by molar-refractivity contribution is 5.40. The van der Waals surface area contributed by atoms with Crippen molar-refractivity contribution in [3.05, 3.63) is 59.2 Å². The quantitative estimate of drug-likeness (QED) is 0.656. The van der Waals surface area contributed by atoms with Gasteiger partial charge in [-0.2, -0.15) is 0 Å². The highest BCUT2D eigenvalue weighted by Gasteiger charge is 2.24. The predicted molar refractivity (Wildman–Crippen MR) is 95.5 cm³/mol. The average Bonchev–Trinajstić information content (AvgIpc) is 3.54. The summed E-state index contributed by atoms with van der Waals surface area (Å²) in [5.74, 6) is 1.88. The highest BCUT2D eigenvalue weighted by atomic mass is 16.6. The molecule has 2 unspecified atom stereocenters. The van der Waals surface area contributed by atoms with E-state index in [1.54, 1.807) is 0 Å². The summed E-state index contributed by atoms with van der Waals surface area (Å²) in [5, 5.41) is 0.